The number of carboxylic acid groups (broad SMARTS) is 1. The van der Waals surface area contributed by atoms with Gasteiger partial charge in [-0.1, -0.05) is 12.8 Å². The molecule has 0 aliphatic rings. The minimum atomic E-state index is -3.94. The number of ether oxygens (including phenoxy) is 1. The van der Waals surface area contributed by atoms with Gasteiger partial charge in [0.15, 0.2) is 0 Å². The minimum Gasteiger partial charge on any atom is -0.494 e. The number of hydrogen-bond acceptors (Lipinski definition) is 4. The van der Waals surface area contributed by atoms with E-state index in [2.05, 4.69) is 5.92 Å². The SMILES string of the molecule is C#CCN(CC(=O)O)S(=O)(=O)c1ccc(OCCC)cc1. The van der Waals surface area contributed by atoms with Gasteiger partial charge in [-0.15, -0.1) is 6.42 Å². The van der Waals surface area contributed by atoms with Crippen molar-refractivity contribution in [2.24, 2.45) is 0 Å². The molecule has 0 amide bonds. The first-order valence-electron chi connectivity index (χ1n) is 6.30. The fourth-order valence-corrected chi connectivity index (χ4v) is 2.86. The molecule has 0 saturated carbocycles. The van der Waals surface area contributed by atoms with Gasteiger partial charge < -0.3 is 9.84 Å². The van der Waals surface area contributed by atoms with Gasteiger partial charge >= 0.3 is 5.97 Å². The van der Waals surface area contributed by atoms with Crippen molar-refractivity contribution in [2.45, 2.75) is 18.2 Å². The maximum absolute atomic E-state index is 12.3. The summed E-state index contributed by atoms with van der Waals surface area (Å²) < 4.78 is 30.7. The Morgan fingerprint density at radius 2 is 2.00 bits per heavy atom. The van der Waals surface area contributed by atoms with Crippen LogP contribution in [0.15, 0.2) is 29.2 Å². The largest absolute Gasteiger partial charge is 0.494 e. The van der Waals surface area contributed by atoms with Gasteiger partial charge in [0.1, 0.15) is 12.3 Å². The van der Waals surface area contributed by atoms with Crippen molar-refractivity contribution < 1.29 is 23.1 Å². The van der Waals surface area contributed by atoms with E-state index >= 15 is 0 Å². The highest BCUT2D eigenvalue weighted by molar-refractivity contribution is 7.89. The molecule has 0 saturated heterocycles. The van der Waals surface area contributed by atoms with E-state index in [1.807, 2.05) is 6.92 Å². The van der Waals surface area contributed by atoms with Gasteiger partial charge in [0.05, 0.1) is 18.0 Å². The Hall–Kier alpha value is -2.04. The van der Waals surface area contributed by atoms with Gasteiger partial charge in [-0.25, -0.2) is 8.42 Å². The van der Waals surface area contributed by atoms with Gasteiger partial charge in [-0.2, -0.15) is 4.31 Å². The number of nitrogens with zero attached hydrogens (tertiary/aromatic N) is 1. The first-order valence-corrected chi connectivity index (χ1v) is 7.74. The molecular weight excluding hydrogens is 294 g/mol. The number of aliphatic carboxylic acids is 1. The summed E-state index contributed by atoms with van der Waals surface area (Å²) in [7, 11) is -3.94. The monoisotopic (exact) mass is 311 g/mol. The lowest BCUT2D eigenvalue weighted by molar-refractivity contribution is -0.137. The average Bonchev–Trinajstić information content (AvgIpc) is 2.44. The molecule has 21 heavy (non-hydrogen) atoms. The van der Waals surface area contributed by atoms with Gasteiger partial charge in [0, 0.05) is 0 Å². The summed E-state index contributed by atoms with van der Waals surface area (Å²) in [5.74, 6) is 1.43. The maximum Gasteiger partial charge on any atom is 0.318 e. The maximum atomic E-state index is 12.3. The Balaban J connectivity index is 2.99. The summed E-state index contributed by atoms with van der Waals surface area (Å²) in [5, 5.41) is 8.77. The molecule has 0 heterocycles. The third kappa shape index (κ3) is 4.77. The van der Waals surface area contributed by atoms with Crippen LogP contribution >= 0.6 is 0 Å². The van der Waals surface area contributed by atoms with E-state index < -0.39 is 22.5 Å². The van der Waals surface area contributed by atoms with E-state index in [1.54, 1.807) is 0 Å². The average molecular weight is 311 g/mol. The molecule has 0 radical (unpaired) electrons. The van der Waals surface area contributed by atoms with Crippen molar-refractivity contribution in [3.05, 3.63) is 24.3 Å². The summed E-state index contributed by atoms with van der Waals surface area (Å²) in [6, 6.07) is 5.78. The Morgan fingerprint density at radius 1 is 1.38 bits per heavy atom. The summed E-state index contributed by atoms with van der Waals surface area (Å²) >= 11 is 0. The third-order valence-electron chi connectivity index (χ3n) is 2.51. The summed E-state index contributed by atoms with van der Waals surface area (Å²) in [6.45, 7) is 1.51. The van der Waals surface area contributed by atoms with Gasteiger partial charge in [-0.3, -0.25) is 4.79 Å². The molecule has 6 nitrogen and oxygen atoms in total. The van der Waals surface area contributed by atoms with Crippen molar-refractivity contribution in [1.82, 2.24) is 4.31 Å². The first-order chi connectivity index (χ1) is 9.91. The molecule has 0 spiro atoms. The van der Waals surface area contributed by atoms with Crippen LogP contribution in [0, 0.1) is 12.3 Å². The van der Waals surface area contributed by atoms with Crippen LogP contribution in [-0.4, -0.2) is 43.5 Å². The molecule has 0 aliphatic heterocycles. The lowest BCUT2D eigenvalue weighted by Crippen LogP contribution is -2.35. The molecule has 1 N–H and O–H groups in total. The predicted molar refractivity (Wildman–Crippen MR) is 77.5 cm³/mol. The molecule has 7 heteroatoms. The van der Waals surface area contributed by atoms with Crippen LogP contribution in [0.25, 0.3) is 0 Å². The van der Waals surface area contributed by atoms with Crippen LogP contribution in [0.5, 0.6) is 5.75 Å². The van der Waals surface area contributed by atoms with E-state index in [4.69, 9.17) is 16.3 Å². The van der Waals surface area contributed by atoms with Crippen molar-refractivity contribution in [3.8, 4) is 18.1 Å². The third-order valence-corrected chi connectivity index (χ3v) is 4.32. The van der Waals surface area contributed by atoms with E-state index in [9.17, 15) is 13.2 Å². The quantitative estimate of drug-likeness (QED) is 0.729. The second kappa shape index (κ2) is 7.67. The number of hydrogen-bond donors (Lipinski definition) is 1. The number of benzene rings is 1. The summed E-state index contributed by atoms with van der Waals surface area (Å²) in [6.07, 6.45) is 5.93. The smallest absolute Gasteiger partial charge is 0.318 e. The van der Waals surface area contributed by atoms with Crippen LogP contribution in [0.2, 0.25) is 0 Å². The van der Waals surface area contributed by atoms with E-state index in [-0.39, 0.29) is 11.4 Å². The molecule has 1 rings (SSSR count). The zero-order valence-electron chi connectivity index (χ0n) is 11.7. The highest BCUT2D eigenvalue weighted by atomic mass is 32.2. The fourth-order valence-electron chi connectivity index (χ4n) is 1.56. The molecule has 0 bridgehead atoms. The Kier molecular flexibility index (Phi) is 6.21. The number of sulfonamides is 1. The highest BCUT2D eigenvalue weighted by Gasteiger charge is 2.25. The molecule has 1 aromatic carbocycles. The minimum absolute atomic E-state index is 0.0251. The number of carbonyl (C=O) groups is 1. The zero-order chi connectivity index (χ0) is 15.9. The normalized spacial score (nSPS) is 11.1. The van der Waals surface area contributed by atoms with Crippen molar-refractivity contribution in [2.75, 3.05) is 19.7 Å². The van der Waals surface area contributed by atoms with Crippen LogP contribution in [0.3, 0.4) is 0 Å². The highest BCUT2D eigenvalue weighted by Crippen LogP contribution is 2.19. The number of terminal acetylenes is 1. The van der Waals surface area contributed by atoms with Crippen LogP contribution in [0.4, 0.5) is 0 Å². The van der Waals surface area contributed by atoms with Gasteiger partial charge in [-0.05, 0) is 30.7 Å². The number of rotatable bonds is 8. The summed E-state index contributed by atoms with van der Waals surface area (Å²) in [4.78, 5) is 10.7. The number of carboxylic acids is 1. The Bertz CT molecular complexity index is 616. The Labute approximate surface area is 124 Å². The molecule has 0 atom stereocenters. The Morgan fingerprint density at radius 3 is 2.48 bits per heavy atom. The van der Waals surface area contributed by atoms with Crippen LogP contribution < -0.4 is 4.74 Å². The molecule has 0 aliphatic carbocycles. The lowest BCUT2D eigenvalue weighted by atomic mass is 10.3. The van der Waals surface area contributed by atoms with E-state index in [0.29, 0.717) is 12.4 Å². The second-order valence-electron chi connectivity index (χ2n) is 4.19. The zero-order valence-corrected chi connectivity index (χ0v) is 12.5. The molecule has 0 fully saturated rings. The van der Waals surface area contributed by atoms with Gasteiger partial charge in [0.25, 0.3) is 0 Å². The van der Waals surface area contributed by atoms with E-state index in [1.165, 1.54) is 24.3 Å². The van der Waals surface area contributed by atoms with Crippen molar-refractivity contribution in [1.29, 1.82) is 0 Å². The van der Waals surface area contributed by atoms with Gasteiger partial charge in [0.2, 0.25) is 10.0 Å². The van der Waals surface area contributed by atoms with E-state index in [0.717, 1.165) is 10.7 Å². The topological polar surface area (TPSA) is 83.9 Å². The molecule has 0 unspecified atom stereocenters. The summed E-state index contributed by atoms with van der Waals surface area (Å²) in [5.41, 5.74) is 0. The second-order valence-corrected chi connectivity index (χ2v) is 6.13. The molecule has 1 aromatic rings. The van der Waals surface area contributed by atoms with Crippen LogP contribution in [-0.2, 0) is 14.8 Å². The van der Waals surface area contributed by atoms with Crippen LogP contribution in [0.1, 0.15) is 13.3 Å². The molecular formula is C14H17NO5S. The fraction of sp³-hybridized carbons (Fsp3) is 0.357. The van der Waals surface area contributed by atoms with Crippen molar-refractivity contribution in [3.63, 3.8) is 0 Å². The molecule has 114 valence electrons. The lowest BCUT2D eigenvalue weighted by Gasteiger charge is -2.18. The molecule has 0 aromatic heterocycles. The first kappa shape index (κ1) is 17.0. The predicted octanol–water partition coefficient (Wildman–Crippen LogP) is 1.18. The standard InChI is InChI=1S/C14H17NO5S/c1-3-9-15(11-14(16)17)21(18,19)13-7-5-12(6-8-13)20-10-4-2/h1,5-8H,4,9-11H2,2H3,(H,16,17). The van der Waals surface area contributed by atoms with Crippen molar-refractivity contribution >= 4 is 16.0 Å².